The Morgan fingerprint density at radius 1 is 0.939 bits per heavy atom. The van der Waals surface area contributed by atoms with E-state index in [-0.39, 0.29) is 29.7 Å². The molecule has 0 aliphatic carbocycles. The molecule has 1 aromatic carbocycles. The molecular formula is C24H38N4O4S. The van der Waals surface area contributed by atoms with E-state index in [1.807, 2.05) is 26.8 Å². The Balaban J connectivity index is 1.78. The second kappa shape index (κ2) is 10.9. The number of carbonyl (C=O) groups excluding carboxylic acids is 2. The van der Waals surface area contributed by atoms with Gasteiger partial charge in [-0.25, -0.2) is 8.42 Å². The van der Waals surface area contributed by atoms with Crippen LogP contribution in [0.1, 0.15) is 65.7 Å². The molecule has 0 saturated carbocycles. The number of sulfonamides is 1. The first-order valence-electron chi connectivity index (χ1n) is 12.1. The van der Waals surface area contributed by atoms with Crippen LogP contribution in [0.3, 0.4) is 0 Å². The predicted octanol–water partition coefficient (Wildman–Crippen LogP) is 3.34. The van der Waals surface area contributed by atoms with E-state index in [4.69, 9.17) is 0 Å². The smallest absolute Gasteiger partial charge is 0.243 e. The first-order chi connectivity index (χ1) is 15.6. The number of hydrogen-bond acceptors (Lipinski definition) is 5. The third-order valence-corrected chi connectivity index (χ3v) is 8.11. The van der Waals surface area contributed by atoms with Crippen LogP contribution >= 0.6 is 0 Å². The summed E-state index contributed by atoms with van der Waals surface area (Å²) >= 11 is 0. The number of carbonyl (C=O) groups is 2. The molecule has 2 aliphatic heterocycles. The Hall–Kier alpha value is -2.13. The zero-order chi connectivity index (χ0) is 24.1. The van der Waals surface area contributed by atoms with Gasteiger partial charge in [-0.05, 0) is 50.3 Å². The topological polar surface area (TPSA) is 98.8 Å². The van der Waals surface area contributed by atoms with Gasteiger partial charge in [0, 0.05) is 44.6 Å². The van der Waals surface area contributed by atoms with Gasteiger partial charge in [0.05, 0.1) is 16.3 Å². The molecule has 0 aromatic heterocycles. The minimum absolute atomic E-state index is 0.112. The van der Waals surface area contributed by atoms with Gasteiger partial charge in [-0.1, -0.05) is 27.2 Å². The number of nitrogens with one attached hydrogen (secondary N) is 2. The fraction of sp³-hybridized carbons (Fsp3) is 0.667. The Morgan fingerprint density at radius 3 is 2.15 bits per heavy atom. The van der Waals surface area contributed by atoms with Gasteiger partial charge in [-0.2, -0.15) is 4.31 Å². The van der Waals surface area contributed by atoms with E-state index < -0.39 is 15.4 Å². The highest BCUT2D eigenvalue weighted by Crippen LogP contribution is 2.32. The summed E-state index contributed by atoms with van der Waals surface area (Å²) in [7, 11) is -3.61. The van der Waals surface area contributed by atoms with Crippen LogP contribution in [0.2, 0.25) is 0 Å². The molecule has 9 heteroatoms. The predicted molar refractivity (Wildman–Crippen MR) is 131 cm³/mol. The van der Waals surface area contributed by atoms with Gasteiger partial charge >= 0.3 is 0 Å². The minimum atomic E-state index is -3.61. The normalized spacial score (nSPS) is 18.1. The Bertz CT molecular complexity index is 944. The highest BCUT2D eigenvalue weighted by Gasteiger charge is 2.28. The first kappa shape index (κ1) is 25.5. The average molecular weight is 479 g/mol. The van der Waals surface area contributed by atoms with Crippen molar-refractivity contribution in [3.8, 4) is 0 Å². The van der Waals surface area contributed by atoms with Gasteiger partial charge in [0.15, 0.2) is 0 Å². The summed E-state index contributed by atoms with van der Waals surface area (Å²) in [5.41, 5.74) is 0.844. The molecule has 2 fully saturated rings. The van der Waals surface area contributed by atoms with Gasteiger partial charge < -0.3 is 15.5 Å². The molecule has 33 heavy (non-hydrogen) atoms. The minimum Gasteiger partial charge on any atom is -0.370 e. The van der Waals surface area contributed by atoms with Crippen LogP contribution in [0.25, 0.3) is 0 Å². The van der Waals surface area contributed by atoms with Crippen molar-refractivity contribution in [2.45, 2.75) is 70.6 Å². The van der Waals surface area contributed by atoms with E-state index in [1.165, 1.54) is 6.42 Å². The van der Waals surface area contributed by atoms with Crippen LogP contribution in [0.5, 0.6) is 0 Å². The molecule has 2 N–H and O–H groups in total. The Kier molecular flexibility index (Phi) is 8.39. The lowest BCUT2D eigenvalue weighted by Crippen LogP contribution is -2.36. The zero-order valence-corrected chi connectivity index (χ0v) is 21.0. The molecule has 0 atom stereocenters. The first-order valence-corrected chi connectivity index (χ1v) is 13.5. The summed E-state index contributed by atoms with van der Waals surface area (Å²) < 4.78 is 28.0. The van der Waals surface area contributed by atoms with Crippen LogP contribution in [-0.4, -0.2) is 57.3 Å². The Labute approximate surface area is 198 Å². The average Bonchev–Trinajstić information content (AvgIpc) is 2.79. The van der Waals surface area contributed by atoms with Crippen molar-refractivity contribution in [3.05, 3.63) is 18.2 Å². The monoisotopic (exact) mass is 478 g/mol. The number of amides is 2. The van der Waals surface area contributed by atoms with Crippen molar-refractivity contribution in [3.63, 3.8) is 0 Å². The molecule has 2 amide bonds. The highest BCUT2D eigenvalue weighted by atomic mass is 32.2. The van der Waals surface area contributed by atoms with E-state index in [9.17, 15) is 18.0 Å². The molecule has 2 saturated heterocycles. The number of anilines is 2. The molecule has 8 nitrogen and oxygen atoms in total. The standard InChI is InChI=1S/C24H38N4O4S/c1-24(2,3)23(30)25-13-12-22(29)26-20-18-19(33(31,32)28-16-8-5-9-17-28)10-11-21(20)27-14-6-4-7-15-27/h10-11,18H,4-9,12-17H2,1-3H3,(H,25,30)(H,26,29). The molecule has 184 valence electrons. The van der Waals surface area contributed by atoms with Gasteiger partial charge in [-0.3, -0.25) is 9.59 Å². The number of nitrogens with zero attached hydrogens (tertiary/aromatic N) is 2. The molecule has 0 radical (unpaired) electrons. The van der Waals surface area contributed by atoms with Gasteiger partial charge in [-0.15, -0.1) is 0 Å². The summed E-state index contributed by atoms with van der Waals surface area (Å²) in [4.78, 5) is 27.2. The van der Waals surface area contributed by atoms with Crippen molar-refractivity contribution >= 4 is 33.2 Å². The van der Waals surface area contributed by atoms with Crippen LogP contribution in [0, 0.1) is 5.41 Å². The second-order valence-corrected chi connectivity index (χ2v) is 11.9. The van der Waals surface area contributed by atoms with Crippen LogP contribution in [-0.2, 0) is 19.6 Å². The lowest BCUT2D eigenvalue weighted by Gasteiger charge is -2.31. The van der Waals surface area contributed by atoms with Gasteiger partial charge in [0.1, 0.15) is 0 Å². The summed E-state index contributed by atoms with van der Waals surface area (Å²) in [6.07, 6.45) is 6.22. The quantitative estimate of drug-likeness (QED) is 0.626. The van der Waals surface area contributed by atoms with E-state index in [0.29, 0.717) is 18.8 Å². The van der Waals surface area contributed by atoms with E-state index in [0.717, 1.165) is 50.9 Å². The summed E-state index contributed by atoms with van der Waals surface area (Å²) in [6, 6.07) is 5.08. The largest absolute Gasteiger partial charge is 0.370 e. The fourth-order valence-electron chi connectivity index (χ4n) is 4.21. The zero-order valence-electron chi connectivity index (χ0n) is 20.2. The van der Waals surface area contributed by atoms with E-state index in [2.05, 4.69) is 15.5 Å². The number of piperidine rings is 2. The second-order valence-electron chi connectivity index (χ2n) is 10.00. The third-order valence-electron chi connectivity index (χ3n) is 6.21. The lowest BCUT2D eigenvalue weighted by molar-refractivity contribution is -0.128. The highest BCUT2D eigenvalue weighted by molar-refractivity contribution is 7.89. The van der Waals surface area contributed by atoms with Gasteiger partial charge in [0.2, 0.25) is 21.8 Å². The number of rotatable bonds is 7. The van der Waals surface area contributed by atoms with Crippen LogP contribution in [0.15, 0.2) is 23.1 Å². The lowest BCUT2D eigenvalue weighted by atomic mass is 9.96. The molecule has 0 bridgehead atoms. The molecule has 2 aliphatic rings. The number of benzene rings is 1. The fourth-order valence-corrected chi connectivity index (χ4v) is 5.75. The molecule has 3 rings (SSSR count). The van der Waals surface area contributed by atoms with Crippen molar-refractivity contribution in [2.24, 2.45) is 5.41 Å². The van der Waals surface area contributed by atoms with Crippen molar-refractivity contribution in [1.82, 2.24) is 9.62 Å². The van der Waals surface area contributed by atoms with Gasteiger partial charge in [0.25, 0.3) is 0 Å². The molecular weight excluding hydrogens is 440 g/mol. The van der Waals surface area contributed by atoms with E-state index >= 15 is 0 Å². The maximum atomic E-state index is 13.2. The summed E-state index contributed by atoms with van der Waals surface area (Å²) in [6.45, 7) is 8.51. The summed E-state index contributed by atoms with van der Waals surface area (Å²) in [5.74, 6) is -0.367. The number of hydrogen-bond donors (Lipinski definition) is 2. The maximum absolute atomic E-state index is 13.2. The van der Waals surface area contributed by atoms with Crippen LogP contribution in [0.4, 0.5) is 11.4 Å². The molecule has 2 heterocycles. The maximum Gasteiger partial charge on any atom is 0.243 e. The SMILES string of the molecule is CC(C)(C)C(=O)NCCC(=O)Nc1cc(S(=O)(=O)N2CCCCC2)ccc1N1CCCCC1. The molecule has 1 aromatic rings. The third kappa shape index (κ3) is 6.69. The molecule has 0 unspecified atom stereocenters. The van der Waals surface area contributed by atoms with E-state index in [1.54, 1.807) is 16.4 Å². The molecule has 0 spiro atoms. The van der Waals surface area contributed by atoms with Crippen molar-refractivity contribution in [2.75, 3.05) is 42.9 Å². The van der Waals surface area contributed by atoms with Crippen molar-refractivity contribution < 1.29 is 18.0 Å². The Morgan fingerprint density at radius 2 is 1.55 bits per heavy atom. The summed E-state index contributed by atoms with van der Waals surface area (Å²) in [5, 5.41) is 5.70. The van der Waals surface area contributed by atoms with Crippen LogP contribution < -0.4 is 15.5 Å². The van der Waals surface area contributed by atoms with Crippen molar-refractivity contribution in [1.29, 1.82) is 0 Å².